The van der Waals surface area contributed by atoms with E-state index in [0.717, 1.165) is 0 Å². The van der Waals surface area contributed by atoms with Crippen LogP contribution in [0.1, 0.15) is 51.6 Å². The number of rotatable bonds is 4. The van der Waals surface area contributed by atoms with E-state index in [1.165, 1.54) is 30.5 Å². The zero-order chi connectivity index (χ0) is 13.1. The molecule has 1 aliphatic rings. The molecule has 1 aliphatic heterocycles. The van der Waals surface area contributed by atoms with Crippen LogP contribution in [0.15, 0.2) is 24.3 Å². The predicted molar refractivity (Wildman–Crippen MR) is 79.2 cm³/mol. The first-order valence-corrected chi connectivity index (χ1v) is 7.23. The number of nitrogens with one attached hydrogen (secondary N) is 1. The first-order chi connectivity index (χ1) is 8.69. The van der Waals surface area contributed by atoms with E-state index >= 15 is 0 Å². The highest BCUT2D eigenvalue weighted by Gasteiger charge is 2.31. The fourth-order valence-corrected chi connectivity index (χ4v) is 3.15. The summed E-state index contributed by atoms with van der Waals surface area (Å²) in [5, 5.41) is 3.37. The molecule has 0 aliphatic carbocycles. The number of hydrogen-bond acceptors (Lipinski definition) is 2. The molecule has 3 unspecified atom stereocenters. The maximum atomic E-state index is 3.37. The molecule has 0 spiro atoms. The molecule has 0 bridgehead atoms. The molecule has 1 heterocycles. The van der Waals surface area contributed by atoms with Gasteiger partial charge < -0.3 is 10.2 Å². The minimum atomic E-state index is 0.409. The normalized spacial score (nSPS) is 25.4. The highest BCUT2D eigenvalue weighted by molar-refractivity contribution is 5.57. The van der Waals surface area contributed by atoms with Crippen LogP contribution in [0.4, 0.5) is 5.69 Å². The zero-order valence-electron chi connectivity index (χ0n) is 12.1. The first-order valence-electron chi connectivity index (χ1n) is 7.23. The van der Waals surface area contributed by atoms with Crippen LogP contribution >= 0.6 is 0 Å². The second kappa shape index (κ2) is 5.75. The van der Waals surface area contributed by atoms with Crippen molar-refractivity contribution in [3.63, 3.8) is 0 Å². The summed E-state index contributed by atoms with van der Waals surface area (Å²) in [6.45, 7) is 6.90. The van der Waals surface area contributed by atoms with Crippen LogP contribution in [0.5, 0.6) is 0 Å². The fourth-order valence-electron chi connectivity index (χ4n) is 3.15. The smallest absolute Gasteiger partial charge is 0.0419 e. The SMILES string of the molecule is CCC1CCC(C)N1c1ccccc1C(C)NC. The molecule has 2 rings (SSSR count). The Balaban J connectivity index is 2.37. The van der Waals surface area contributed by atoms with E-state index in [1.807, 2.05) is 7.05 Å². The number of nitrogens with zero attached hydrogens (tertiary/aromatic N) is 1. The Hall–Kier alpha value is -1.02. The molecule has 0 aromatic heterocycles. The molecular formula is C16H26N2. The van der Waals surface area contributed by atoms with Crippen molar-refractivity contribution in [2.45, 2.75) is 58.2 Å². The van der Waals surface area contributed by atoms with Crippen LogP contribution in [-0.4, -0.2) is 19.1 Å². The van der Waals surface area contributed by atoms with Crippen molar-refractivity contribution in [1.82, 2.24) is 5.32 Å². The topological polar surface area (TPSA) is 15.3 Å². The molecular weight excluding hydrogens is 220 g/mol. The Bertz CT molecular complexity index is 388. The summed E-state index contributed by atoms with van der Waals surface area (Å²) in [5.41, 5.74) is 2.85. The Morgan fingerprint density at radius 1 is 1.33 bits per heavy atom. The van der Waals surface area contributed by atoms with Crippen LogP contribution in [0.3, 0.4) is 0 Å². The van der Waals surface area contributed by atoms with Crippen molar-refractivity contribution in [2.24, 2.45) is 0 Å². The van der Waals surface area contributed by atoms with Crippen LogP contribution in [0.25, 0.3) is 0 Å². The van der Waals surface area contributed by atoms with Crippen molar-refractivity contribution in [3.8, 4) is 0 Å². The van der Waals surface area contributed by atoms with Gasteiger partial charge in [0.2, 0.25) is 0 Å². The van der Waals surface area contributed by atoms with Gasteiger partial charge in [0.05, 0.1) is 0 Å². The molecule has 1 fully saturated rings. The molecule has 1 N–H and O–H groups in total. The van der Waals surface area contributed by atoms with Gasteiger partial charge in [-0.3, -0.25) is 0 Å². The third-order valence-electron chi connectivity index (χ3n) is 4.37. The van der Waals surface area contributed by atoms with Crippen LogP contribution in [0.2, 0.25) is 0 Å². The lowest BCUT2D eigenvalue weighted by Gasteiger charge is -2.33. The predicted octanol–water partition coefficient (Wildman–Crippen LogP) is 3.73. The monoisotopic (exact) mass is 246 g/mol. The molecule has 0 saturated carbocycles. The van der Waals surface area contributed by atoms with Gasteiger partial charge in [-0.25, -0.2) is 0 Å². The van der Waals surface area contributed by atoms with Crippen molar-refractivity contribution < 1.29 is 0 Å². The summed E-state index contributed by atoms with van der Waals surface area (Å²) in [4.78, 5) is 2.64. The molecule has 1 aromatic carbocycles. The van der Waals surface area contributed by atoms with E-state index in [2.05, 4.69) is 55.3 Å². The van der Waals surface area contributed by atoms with E-state index in [1.54, 1.807) is 0 Å². The van der Waals surface area contributed by atoms with Gasteiger partial charge in [-0.1, -0.05) is 25.1 Å². The Labute approximate surface area is 111 Å². The molecule has 0 amide bonds. The van der Waals surface area contributed by atoms with E-state index in [0.29, 0.717) is 18.1 Å². The Kier molecular flexibility index (Phi) is 4.28. The van der Waals surface area contributed by atoms with Gasteiger partial charge in [-0.2, -0.15) is 0 Å². The van der Waals surface area contributed by atoms with Gasteiger partial charge in [0.1, 0.15) is 0 Å². The number of hydrogen-bond donors (Lipinski definition) is 1. The molecule has 100 valence electrons. The van der Waals surface area contributed by atoms with Gasteiger partial charge >= 0.3 is 0 Å². The number of benzene rings is 1. The average Bonchev–Trinajstić information content (AvgIpc) is 2.78. The van der Waals surface area contributed by atoms with Gasteiger partial charge in [-0.15, -0.1) is 0 Å². The van der Waals surface area contributed by atoms with Crippen LogP contribution in [-0.2, 0) is 0 Å². The van der Waals surface area contributed by atoms with Crippen molar-refractivity contribution >= 4 is 5.69 Å². The van der Waals surface area contributed by atoms with Crippen LogP contribution in [0, 0.1) is 0 Å². The highest BCUT2D eigenvalue weighted by atomic mass is 15.2. The molecule has 1 saturated heterocycles. The van der Waals surface area contributed by atoms with Crippen LogP contribution < -0.4 is 10.2 Å². The molecule has 3 atom stereocenters. The van der Waals surface area contributed by atoms with Gasteiger partial charge in [-0.05, 0) is 51.8 Å². The maximum absolute atomic E-state index is 3.37. The Morgan fingerprint density at radius 3 is 2.72 bits per heavy atom. The molecule has 0 radical (unpaired) electrons. The molecule has 2 nitrogen and oxygen atoms in total. The third-order valence-corrected chi connectivity index (χ3v) is 4.37. The summed E-state index contributed by atoms with van der Waals surface area (Å²) in [6.07, 6.45) is 3.90. The minimum Gasteiger partial charge on any atom is -0.366 e. The lowest BCUT2D eigenvalue weighted by Crippen LogP contribution is -2.35. The lowest BCUT2D eigenvalue weighted by atomic mass is 10.0. The van der Waals surface area contributed by atoms with Crippen molar-refractivity contribution in [3.05, 3.63) is 29.8 Å². The average molecular weight is 246 g/mol. The zero-order valence-corrected chi connectivity index (χ0v) is 12.1. The van der Waals surface area contributed by atoms with Gasteiger partial charge in [0.15, 0.2) is 0 Å². The second-order valence-electron chi connectivity index (χ2n) is 5.46. The summed E-state index contributed by atoms with van der Waals surface area (Å²) in [6, 6.07) is 10.6. The lowest BCUT2D eigenvalue weighted by molar-refractivity contribution is 0.608. The largest absolute Gasteiger partial charge is 0.366 e. The van der Waals surface area contributed by atoms with Gasteiger partial charge in [0.25, 0.3) is 0 Å². The van der Waals surface area contributed by atoms with E-state index in [-0.39, 0.29) is 0 Å². The number of para-hydroxylation sites is 1. The molecule has 2 heteroatoms. The quantitative estimate of drug-likeness (QED) is 0.870. The summed E-state index contributed by atoms with van der Waals surface area (Å²) < 4.78 is 0. The second-order valence-corrected chi connectivity index (χ2v) is 5.46. The standard InChI is InChI=1S/C16H26N2/c1-5-14-11-10-12(2)18(14)16-9-7-6-8-15(16)13(3)17-4/h6-9,12-14,17H,5,10-11H2,1-4H3. The fraction of sp³-hybridized carbons (Fsp3) is 0.625. The van der Waals surface area contributed by atoms with Crippen molar-refractivity contribution in [2.75, 3.05) is 11.9 Å². The van der Waals surface area contributed by atoms with Crippen molar-refractivity contribution in [1.29, 1.82) is 0 Å². The summed E-state index contributed by atoms with van der Waals surface area (Å²) >= 11 is 0. The van der Waals surface area contributed by atoms with E-state index in [9.17, 15) is 0 Å². The minimum absolute atomic E-state index is 0.409. The van der Waals surface area contributed by atoms with E-state index in [4.69, 9.17) is 0 Å². The van der Waals surface area contributed by atoms with E-state index < -0.39 is 0 Å². The number of anilines is 1. The highest BCUT2D eigenvalue weighted by Crippen LogP contribution is 2.36. The summed E-state index contributed by atoms with van der Waals surface area (Å²) in [7, 11) is 2.03. The maximum Gasteiger partial charge on any atom is 0.0419 e. The summed E-state index contributed by atoms with van der Waals surface area (Å²) in [5.74, 6) is 0. The van der Waals surface area contributed by atoms with Gasteiger partial charge in [0, 0.05) is 23.8 Å². The molecule has 18 heavy (non-hydrogen) atoms. The first kappa shape index (κ1) is 13.4. The third kappa shape index (κ3) is 2.39. The molecule has 1 aromatic rings. The Morgan fingerprint density at radius 2 is 2.06 bits per heavy atom.